The van der Waals surface area contributed by atoms with Gasteiger partial charge >= 0.3 is 5.97 Å². The molecule has 0 aromatic heterocycles. The molecule has 10 unspecified atom stereocenters. The average molecular weight is 451 g/mol. The summed E-state index contributed by atoms with van der Waals surface area (Å²) in [5.74, 6) is 2.75. The molecule has 0 aliphatic heterocycles. The lowest BCUT2D eigenvalue weighted by Crippen LogP contribution is -2.63. The van der Waals surface area contributed by atoms with E-state index in [4.69, 9.17) is 5.11 Å². The summed E-state index contributed by atoms with van der Waals surface area (Å²) in [7, 11) is 0. The van der Waals surface area contributed by atoms with Crippen LogP contribution in [0, 0.1) is 51.8 Å². The van der Waals surface area contributed by atoms with E-state index in [0.717, 1.165) is 18.3 Å². The summed E-state index contributed by atoms with van der Waals surface area (Å²) >= 11 is 0. The molecule has 0 bridgehead atoms. The van der Waals surface area contributed by atoms with E-state index in [1.165, 1.54) is 51.4 Å². The van der Waals surface area contributed by atoms with Crippen molar-refractivity contribution in [2.45, 2.75) is 118 Å². The van der Waals surface area contributed by atoms with E-state index in [2.05, 4.69) is 27.7 Å². The van der Waals surface area contributed by atoms with E-state index >= 15 is 0 Å². The highest BCUT2D eigenvalue weighted by molar-refractivity contribution is 5.72. The van der Waals surface area contributed by atoms with Crippen molar-refractivity contribution < 1.29 is 20.1 Å². The molecule has 10 atom stereocenters. The topological polar surface area (TPSA) is 77.8 Å². The maximum absolute atomic E-state index is 11.2. The Kier molecular flexibility index (Phi) is 7.48. The van der Waals surface area contributed by atoms with E-state index in [9.17, 15) is 15.0 Å². The Hall–Kier alpha value is -0.610. The number of carboxylic acids is 1. The standard InChI is InChI=1S/C23H40O2.C5H10O2/c1-5-14(2)15-9-10-16-19-17(11-13-23(15,16)4)22(3)12-7-6-8-18(22)20(24)21(19)25;1-5(2,3)4(6)7/h14-21,24-25H,5-13H2,1-4H3;1-3H3,(H,6,7). The smallest absolute Gasteiger partial charge is 0.308 e. The quantitative estimate of drug-likeness (QED) is 0.472. The summed E-state index contributed by atoms with van der Waals surface area (Å²) in [6, 6.07) is 0. The second-order valence-electron chi connectivity index (χ2n) is 13.3. The molecule has 4 nitrogen and oxygen atoms in total. The van der Waals surface area contributed by atoms with Crippen LogP contribution in [0.1, 0.15) is 106 Å². The van der Waals surface area contributed by atoms with Crippen LogP contribution in [-0.2, 0) is 4.79 Å². The maximum Gasteiger partial charge on any atom is 0.308 e. The van der Waals surface area contributed by atoms with E-state index in [1.54, 1.807) is 20.8 Å². The summed E-state index contributed by atoms with van der Waals surface area (Å²) in [6.07, 6.45) is 10.5. The molecule has 4 aliphatic carbocycles. The van der Waals surface area contributed by atoms with E-state index < -0.39 is 23.6 Å². The van der Waals surface area contributed by atoms with E-state index in [1.807, 2.05) is 0 Å². The lowest BCUT2D eigenvalue weighted by Gasteiger charge is -2.63. The fraction of sp³-hybridized carbons (Fsp3) is 0.964. The third-order valence-corrected chi connectivity index (χ3v) is 10.7. The molecule has 186 valence electrons. The second kappa shape index (κ2) is 9.21. The van der Waals surface area contributed by atoms with Crippen molar-refractivity contribution in [3.63, 3.8) is 0 Å². The van der Waals surface area contributed by atoms with Crippen molar-refractivity contribution in [2.24, 2.45) is 51.8 Å². The van der Waals surface area contributed by atoms with Gasteiger partial charge in [0.05, 0.1) is 17.6 Å². The van der Waals surface area contributed by atoms with Crippen LogP contribution in [0.4, 0.5) is 0 Å². The summed E-state index contributed by atoms with van der Waals surface area (Å²) in [5.41, 5.74) is 0.0620. The molecule has 0 radical (unpaired) electrons. The summed E-state index contributed by atoms with van der Waals surface area (Å²) in [6.45, 7) is 14.8. The Morgan fingerprint density at radius 1 is 0.906 bits per heavy atom. The van der Waals surface area contributed by atoms with E-state index in [0.29, 0.717) is 29.1 Å². The molecule has 0 amide bonds. The van der Waals surface area contributed by atoms with Crippen LogP contribution in [0.3, 0.4) is 0 Å². The third kappa shape index (κ3) is 4.28. The number of rotatable bonds is 2. The minimum Gasteiger partial charge on any atom is -0.481 e. The lowest BCUT2D eigenvalue weighted by atomic mass is 9.43. The molecule has 4 aliphatic rings. The first-order valence-corrected chi connectivity index (χ1v) is 13.4. The first kappa shape index (κ1) is 26.0. The van der Waals surface area contributed by atoms with Crippen molar-refractivity contribution in [3.05, 3.63) is 0 Å². The zero-order valence-corrected chi connectivity index (χ0v) is 21.7. The Morgan fingerprint density at radius 3 is 2.06 bits per heavy atom. The van der Waals surface area contributed by atoms with Gasteiger partial charge in [0.2, 0.25) is 0 Å². The minimum atomic E-state index is -0.757. The third-order valence-electron chi connectivity index (χ3n) is 10.7. The van der Waals surface area contributed by atoms with Crippen molar-refractivity contribution in [1.29, 1.82) is 0 Å². The van der Waals surface area contributed by atoms with Gasteiger partial charge in [-0.1, -0.05) is 47.0 Å². The van der Waals surface area contributed by atoms with E-state index in [-0.39, 0.29) is 5.41 Å². The number of aliphatic carboxylic acids is 1. The minimum absolute atomic E-state index is 0.261. The van der Waals surface area contributed by atoms with Crippen LogP contribution in [-0.4, -0.2) is 33.5 Å². The normalized spacial score (nSPS) is 46.7. The van der Waals surface area contributed by atoms with Gasteiger partial charge in [-0.3, -0.25) is 4.79 Å². The molecule has 0 spiro atoms. The van der Waals surface area contributed by atoms with Gasteiger partial charge in [-0.15, -0.1) is 0 Å². The van der Waals surface area contributed by atoms with Gasteiger partial charge < -0.3 is 15.3 Å². The number of carboxylic acid groups (broad SMARTS) is 1. The largest absolute Gasteiger partial charge is 0.481 e. The predicted octanol–water partition coefficient (Wildman–Crippen LogP) is 6.14. The monoisotopic (exact) mass is 450 g/mol. The van der Waals surface area contributed by atoms with Gasteiger partial charge in [0.1, 0.15) is 0 Å². The Labute approximate surface area is 196 Å². The number of hydrogen-bond acceptors (Lipinski definition) is 3. The molecular weight excluding hydrogens is 400 g/mol. The molecule has 4 saturated carbocycles. The van der Waals surface area contributed by atoms with Crippen LogP contribution in [0.5, 0.6) is 0 Å². The SMILES string of the molecule is CC(C)(C)C(=O)O.CCC(C)C1CCC2C3C(O)C(O)C4CCCCC4(C)C3CCC12C. The molecule has 0 aromatic carbocycles. The fourth-order valence-electron chi connectivity index (χ4n) is 8.57. The molecule has 4 rings (SSSR count). The van der Waals surface area contributed by atoms with Crippen LogP contribution in [0.2, 0.25) is 0 Å². The van der Waals surface area contributed by atoms with Crippen LogP contribution in [0.25, 0.3) is 0 Å². The highest BCUT2D eigenvalue weighted by Gasteiger charge is 2.64. The second-order valence-corrected chi connectivity index (χ2v) is 13.3. The summed E-state index contributed by atoms with van der Waals surface area (Å²) in [5, 5.41) is 30.5. The zero-order valence-electron chi connectivity index (χ0n) is 21.7. The molecule has 4 fully saturated rings. The molecular formula is C28H50O4. The fourth-order valence-corrected chi connectivity index (χ4v) is 8.57. The molecule has 32 heavy (non-hydrogen) atoms. The molecule has 0 heterocycles. The Bertz CT molecular complexity index is 669. The molecule has 3 N–H and O–H groups in total. The van der Waals surface area contributed by atoms with Crippen LogP contribution < -0.4 is 0 Å². The number of aliphatic hydroxyl groups excluding tert-OH is 2. The van der Waals surface area contributed by atoms with Gasteiger partial charge in [0.25, 0.3) is 0 Å². The zero-order chi connectivity index (χ0) is 24.1. The van der Waals surface area contributed by atoms with Gasteiger partial charge in [-0.2, -0.15) is 0 Å². The number of aliphatic hydroxyl groups is 2. The maximum atomic E-state index is 11.2. The Balaban J connectivity index is 0.000000360. The van der Waals surface area contributed by atoms with Crippen LogP contribution >= 0.6 is 0 Å². The summed E-state index contributed by atoms with van der Waals surface area (Å²) in [4.78, 5) is 10.0. The van der Waals surface area contributed by atoms with Gasteiger partial charge in [0, 0.05) is 0 Å². The lowest BCUT2D eigenvalue weighted by molar-refractivity contribution is -0.215. The van der Waals surface area contributed by atoms with Crippen molar-refractivity contribution in [3.8, 4) is 0 Å². The van der Waals surface area contributed by atoms with Crippen molar-refractivity contribution >= 4 is 5.97 Å². The first-order valence-electron chi connectivity index (χ1n) is 13.4. The van der Waals surface area contributed by atoms with Crippen molar-refractivity contribution in [2.75, 3.05) is 0 Å². The van der Waals surface area contributed by atoms with Gasteiger partial charge in [-0.25, -0.2) is 0 Å². The number of fused-ring (bicyclic) bond motifs is 5. The molecule has 0 aromatic rings. The first-order chi connectivity index (χ1) is 14.8. The predicted molar refractivity (Wildman–Crippen MR) is 129 cm³/mol. The average Bonchev–Trinajstić information content (AvgIpc) is 3.08. The molecule has 4 heteroatoms. The Morgan fingerprint density at radius 2 is 1.50 bits per heavy atom. The molecule has 0 saturated heterocycles. The highest BCUT2D eigenvalue weighted by atomic mass is 16.4. The number of hydrogen-bond donors (Lipinski definition) is 3. The highest BCUT2D eigenvalue weighted by Crippen LogP contribution is 2.68. The number of carbonyl (C=O) groups is 1. The van der Waals surface area contributed by atoms with Gasteiger partial charge in [-0.05, 0) is 106 Å². The van der Waals surface area contributed by atoms with Crippen LogP contribution in [0.15, 0.2) is 0 Å². The summed E-state index contributed by atoms with van der Waals surface area (Å²) < 4.78 is 0. The van der Waals surface area contributed by atoms with Crippen molar-refractivity contribution in [1.82, 2.24) is 0 Å². The van der Waals surface area contributed by atoms with Gasteiger partial charge in [0.15, 0.2) is 0 Å².